The Morgan fingerprint density at radius 2 is 2.16 bits per heavy atom. The summed E-state index contributed by atoms with van der Waals surface area (Å²) in [5, 5.41) is 0. The molecule has 1 heterocycles. The second-order valence-corrected chi connectivity index (χ2v) is 5.90. The quantitative estimate of drug-likeness (QED) is 0.610. The van der Waals surface area contributed by atoms with E-state index >= 15 is 0 Å². The molecule has 19 heavy (non-hydrogen) atoms. The van der Waals surface area contributed by atoms with Crippen LogP contribution in [-0.4, -0.2) is 18.8 Å². The van der Waals surface area contributed by atoms with Crippen LogP contribution in [0.2, 0.25) is 0 Å². The first kappa shape index (κ1) is 13.1. The van der Waals surface area contributed by atoms with E-state index in [0.717, 1.165) is 19.4 Å². The molecule has 4 unspecified atom stereocenters. The summed E-state index contributed by atoms with van der Waals surface area (Å²) in [6, 6.07) is 11.2. The highest BCUT2D eigenvalue weighted by molar-refractivity contribution is 5.26. The molecular formula is C16H24N2O. The number of benzene rings is 1. The van der Waals surface area contributed by atoms with Gasteiger partial charge in [0, 0.05) is 12.6 Å². The predicted octanol–water partition coefficient (Wildman–Crippen LogP) is 2.58. The van der Waals surface area contributed by atoms with Gasteiger partial charge in [-0.15, -0.1) is 0 Å². The topological polar surface area (TPSA) is 47.3 Å². The minimum Gasteiger partial charge on any atom is -0.378 e. The first-order chi connectivity index (χ1) is 9.38. The lowest BCUT2D eigenvalue weighted by Crippen LogP contribution is -2.37. The van der Waals surface area contributed by atoms with E-state index in [0.29, 0.717) is 24.0 Å². The van der Waals surface area contributed by atoms with Crippen LogP contribution in [0.5, 0.6) is 0 Å². The molecule has 0 spiro atoms. The van der Waals surface area contributed by atoms with Crippen LogP contribution in [0.4, 0.5) is 0 Å². The molecule has 0 radical (unpaired) electrons. The van der Waals surface area contributed by atoms with Crippen molar-refractivity contribution in [2.45, 2.75) is 50.2 Å². The molecule has 1 aromatic carbocycles. The summed E-state index contributed by atoms with van der Waals surface area (Å²) in [7, 11) is 0. The van der Waals surface area contributed by atoms with Crippen molar-refractivity contribution in [3.8, 4) is 0 Å². The maximum absolute atomic E-state index is 5.75. The molecule has 3 N–H and O–H groups in total. The molecule has 1 saturated heterocycles. The van der Waals surface area contributed by atoms with Crippen LogP contribution in [0.3, 0.4) is 0 Å². The molecule has 1 aromatic rings. The minimum atomic E-state index is 0.439. The highest BCUT2D eigenvalue weighted by Crippen LogP contribution is 2.50. The van der Waals surface area contributed by atoms with Gasteiger partial charge in [0.25, 0.3) is 0 Å². The SMILES string of the molecule is NNC(CCC1CCCO1)C1CC1c1ccccc1. The monoisotopic (exact) mass is 260 g/mol. The number of nitrogens with one attached hydrogen (secondary N) is 1. The summed E-state index contributed by atoms with van der Waals surface area (Å²) in [6.07, 6.45) is 6.47. The normalized spacial score (nSPS) is 31.3. The Morgan fingerprint density at radius 3 is 2.84 bits per heavy atom. The van der Waals surface area contributed by atoms with Gasteiger partial charge in [-0.25, -0.2) is 0 Å². The fourth-order valence-corrected chi connectivity index (χ4v) is 3.40. The third kappa shape index (κ3) is 3.16. The number of hydrogen-bond acceptors (Lipinski definition) is 3. The molecule has 1 aliphatic heterocycles. The van der Waals surface area contributed by atoms with Gasteiger partial charge in [0.15, 0.2) is 0 Å². The fraction of sp³-hybridized carbons (Fsp3) is 0.625. The molecule has 3 heteroatoms. The van der Waals surface area contributed by atoms with Gasteiger partial charge in [-0.2, -0.15) is 0 Å². The first-order valence-corrected chi connectivity index (χ1v) is 7.51. The van der Waals surface area contributed by atoms with Gasteiger partial charge in [0.05, 0.1) is 6.10 Å². The van der Waals surface area contributed by atoms with Gasteiger partial charge >= 0.3 is 0 Å². The Hall–Kier alpha value is -0.900. The molecule has 0 amide bonds. The maximum atomic E-state index is 5.75. The van der Waals surface area contributed by atoms with Crippen molar-refractivity contribution in [3.05, 3.63) is 35.9 Å². The van der Waals surface area contributed by atoms with Crippen molar-refractivity contribution < 1.29 is 4.74 Å². The van der Waals surface area contributed by atoms with Crippen molar-refractivity contribution in [2.75, 3.05) is 6.61 Å². The van der Waals surface area contributed by atoms with Crippen LogP contribution >= 0.6 is 0 Å². The van der Waals surface area contributed by atoms with E-state index in [1.54, 1.807) is 0 Å². The van der Waals surface area contributed by atoms with Gasteiger partial charge in [-0.3, -0.25) is 11.3 Å². The molecular weight excluding hydrogens is 236 g/mol. The number of hydrogen-bond donors (Lipinski definition) is 2. The molecule has 2 fully saturated rings. The van der Waals surface area contributed by atoms with E-state index in [1.165, 1.54) is 24.8 Å². The molecule has 3 nitrogen and oxygen atoms in total. The average molecular weight is 260 g/mol. The predicted molar refractivity (Wildman–Crippen MR) is 76.6 cm³/mol. The van der Waals surface area contributed by atoms with Gasteiger partial charge in [-0.1, -0.05) is 30.3 Å². The lowest BCUT2D eigenvalue weighted by Gasteiger charge is -2.18. The summed E-state index contributed by atoms with van der Waals surface area (Å²) in [5.74, 6) is 7.15. The molecule has 3 rings (SSSR count). The fourth-order valence-electron chi connectivity index (χ4n) is 3.40. The van der Waals surface area contributed by atoms with Gasteiger partial charge in [0.1, 0.15) is 0 Å². The van der Waals surface area contributed by atoms with E-state index in [-0.39, 0.29) is 0 Å². The van der Waals surface area contributed by atoms with Crippen molar-refractivity contribution in [3.63, 3.8) is 0 Å². The van der Waals surface area contributed by atoms with E-state index in [4.69, 9.17) is 10.6 Å². The summed E-state index contributed by atoms with van der Waals surface area (Å²) in [4.78, 5) is 0. The lowest BCUT2D eigenvalue weighted by atomic mass is 10.00. The number of rotatable bonds is 6. The largest absolute Gasteiger partial charge is 0.378 e. The number of ether oxygens (including phenoxy) is 1. The Labute approximate surface area is 115 Å². The summed E-state index contributed by atoms with van der Waals surface area (Å²) in [5.41, 5.74) is 4.49. The van der Waals surface area contributed by atoms with E-state index in [1.807, 2.05) is 0 Å². The molecule has 0 bridgehead atoms. The average Bonchev–Trinajstić information content (AvgIpc) is 3.07. The van der Waals surface area contributed by atoms with E-state index < -0.39 is 0 Å². The Bertz CT molecular complexity index is 389. The zero-order chi connectivity index (χ0) is 13.1. The molecule has 0 aromatic heterocycles. The second kappa shape index (κ2) is 6.04. The smallest absolute Gasteiger partial charge is 0.0576 e. The Balaban J connectivity index is 1.50. The summed E-state index contributed by atoms with van der Waals surface area (Å²) in [6.45, 7) is 0.946. The Kier molecular flexibility index (Phi) is 4.16. The van der Waals surface area contributed by atoms with Crippen LogP contribution in [0.15, 0.2) is 30.3 Å². The zero-order valence-corrected chi connectivity index (χ0v) is 11.4. The maximum Gasteiger partial charge on any atom is 0.0576 e. The summed E-state index contributed by atoms with van der Waals surface area (Å²) < 4.78 is 5.69. The van der Waals surface area contributed by atoms with Crippen LogP contribution in [0.25, 0.3) is 0 Å². The van der Waals surface area contributed by atoms with Crippen LogP contribution in [0, 0.1) is 5.92 Å². The summed E-state index contributed by atoms with van der Waals surface area (Å²) >= 11 is 0. The van der Waals surface area contributed by atoms with E-state index in [2.05, 4.69) is 35.8 Å². The van der Waals surface area contributed by atoms with Crippen molar-refractivity contribution >= 4 is 0 Å². The van der Waals surface area contributed by atoms with E-state index in [9.17, 15) is 0 Å². The third-order valence-corrected chi connectivity index (χ3v) is 4.62. The highest BCUT2D eigenvalue weighted by Gasteiger charge is 2.43. The van der Waals surface area contributed by atoms with Crippen molar-refractivity contribution in [1.82, 2.24) is 5.43 Å². The number of hydrazine groups is 1. The first-order valence-electron chi connectivity index (χ1n) is 7.51. The van der Waals surface area contributed by atoms with Crippen LogP contribution in [0.1, 0.15) is 43.6 Å². The standard InChI is InChI=1S/C16H24N2O/c17-18-16(9-8-13-7-4-10-19-13)15-11-14(15)12-5-2-1-3-6-12/h1-3,5-6,13-16,18H,4,7-11,17H2. The molecule has 1 saturated carbocycles. The van der Waals surface area contributed by atoms with Crippen molar-refractivity contribution in [2.24, 2.45) is 11.8 Å². The second-order valence-electron chi connectivity index (χ2n) is 5.90. The van der Waals surface area contributed by atoms with Gasteiger partial charge in [-0.05, 0) is 49.5 Å². The number of nitrogens with two attached hydrogens (primary N) is 1. The Morgan fingerprint density at radius 1 is 1.32 bits per heavy atom. The lowest BCUT2D eigenvalue weighted by molar-refractivity contribution is 0.0987. The van der Waals surface area contributed by atoms with Crippen LogP contribution < -0.4 is 11.3 Å². The molecule has 104 valence electrons. The third-order valence-electron chi connectivity index (χ3n) is 4.62. The highest BCUT2D eigenvalue weighted by atomic mass is 16.5. The van der Waals surface area contributed by atoms with Crippen molar-refractivity contribution in [1.29, 1.82) is 0 Å². The molecule has 1 aliphatic carbocycles. The van der Waals surface area contributed by atoms with Gasteiger partial charge in [0.2, 0.25) is 0 Å². The molecule has 4 atom stereocenters. The minimum absolute atomic E-state index is 0.439. The molecule has 2 aliphatic rings. The zero-order valence-electron chi connectivity index (χ0n) is 11.4. The van der Waals surface area contributed by atoms with Crippen LogP contribution in [-0.2, 0) is 4.74 Å². The van der Waals surface area contributed by atoms with Gasteiger partial charge < -0.3 is 4.74 Å².